The van der Waals surface area contributed by atoms with E-state index in [9.17, 15) is 4.79 Å². The molecule has 0 aliphatic carbocycles. The number of aromatic amines is 1. The number of ether oxygens (including phenoxy) is 1. The molecular formula is C15H20N2O2. The van der Waals surface area contributed by atoms with E-state index in [4.69, 9.17) is 4.74 Å². The SMILES string of the molecule is Cc1cc2c(CNC(=O)OC(C)(C)C)cccc2[nH]1. The van der Waals surface area contributed by atoms with Gasteiger partial charge in [-0.3, -0.25) is 0 Å². The molecule has 0 bridgehead atoms. The maximum Gasteiger partial charge on any atom is 0.407 e. The zero-order valence-corrected chi connectivity index (χ0v) is 11.8. The molecule has 0 spiro atoms. The fraction of sp³-hybridized carbons (Fsp3) is 0.400. The van der Waals surface area contributed by atoms with Gasteiger partial charge < -0.3 is 15.0 Å². The van der Waals surface area contributed by atoms with Crippen molar-refractivity contribution in [3.05, 3.63) is 35.5 Å². The summed E-state index contributed by atoms with van der Waals surface area (Å²) in [4.78, 5) is 14.9. The Bertz CT molecular complexity index is 594. The zero-order valence-electron chi connectivity index (χ0n) is 11.8. The third-order valence-corrected chi connectivity index (χ3v) is 2.71. The Morgan fingerprint density at radius 1 is 1.37 bits per heavy atom. The molecule has 19 heavy (non-hydrogen) atoms. The second kappa shape index (κ2) is 4.96. The number of benzene rings is 1. The average Bonchev–Trinajstić information content (AvgIpc) is 2.64. The second-order valence-electron chi connectivity index (χ2n) is 5.69. The molecule has 0 radical (unpaired) electrons. The molecule has 1 amide bonds. The highest BCUT2D eigenvalue weighted by Gasteiger charge is 2.16. The molecule has 0 atom stereocenters. The van der Waals surface area contributed by atoms with E-state index in [1.54, 1.807) is 0 Å². The van der Waals surface area contributed by atoms with Gasteiger partial charge in [-0.2, -0.15) is 0 Å². The number of H-pyrrole nitrogens is 1. The molecule has 4 nitrogen and oxygen atoms in total. The van der Waals surface area contributed by atoms with Gasteiger partial charge in [-0.1, -0.05) is 12.1 Å². The van der Waals surface area contributed by atoms with Crippen molar-refractivity contribution in [1.82, 2.24) is 10.3 Å². The smallest absolute Gasteiger partial charge is 0.407 e. The van der Waals surface area contributed by atoms with Crippen LogP contribution >= 0.6 is 0 Å². The van der Waals surface area contributed by atoms with Crippen molar-refractivity contribution >= 4 is 17.0 Å². The fourth-order valence-electron chi connectivity index (χ4n) is 1.99. The summed E-state index contributed by atoms with van der Waals surface area (Å²) in [6.45, 7) is 8.03. The molecule has 1 aromatic carbocycles. The Hall–Kier alpha value is -1.97. The first kappa shape index (κ1) is 13.5. The van der Waals surface area contributed by atoms with E-state index in [0.717, 1.165) is 22.2 Å². The number of aromatic nitrogens is 1. The minimum absolute atomic E-state index is 0.392. The highest BCUT2D eigenvalue weighted by molar-refractivity contribution is 5.84. The topological polar surface area (TPSA) is 54.1 Å². The van der Waals surface area contributed by atoms with Crippen molar-refractivity contribution in [1.29, 1.82) is 0 Å². The van der Waals surface area contributed by atoms with Crippen LogP contribution in [0.1, 0.15) is 32.0 Å². The first-order chi connectivity index (χ1) is 8.85. The number of alkyl carbamates (subject to hydrolysis) is 1. The standard InChI is InChI=1S/C15H20N2O2/c1-10-8-12-11(6-5-7-13(12)17-10)9-16-14(18)19-15(2,3)4/h5-8,17H,9H2,1-4H3,(H,16,18). The lowest BCUT2D eigenvalue weighted by molar-refractivity contribution is 0.0524. The van der Waals surface area contributed by atoms with Gasteiger partial charge in [0.05, 0.1) is 0 Å². The Morgan fingerprint density at radius 3 is 2.79 bits per heavy atom. The minimum atomic E-state index is -0.471. The van der Waals surface area contributed by atoms with Crippen molar-refractivity contribution in [2.45, 2.75) is 39.8 Å². The van der Waals surface area contributed by atoms with Crippen molar-refractivity contribution in [3.63, 3.8) is 0 Å². The van der Waals surface area contributed by atoms with Gasteiger partial charge in [-0.25, -0.2) is 4.79 Å². The summed E-state index contributed by atoms with van der Waals surface area (Å²) < 4.78 is 5.22. The number of amides is 1. The highest BCUT2D eigenvalue weighted by Crippen LogP contribution is 2.19. The maximum absolute atomic E-state index is 11.6. The van der Waals surface area contributed by atoms with Crippen molar-refractivity contribution in [2.24, 2.45) is 0 Å². The van der Waals surface area contributed by atoms with Gasteiger partial charge >= 0.3 is 6.09 Å². The third-order valence-electron chi connectivity index (χ3n) is 2.71. The lowest BCUT2D eigenvalue weighted by atomic mass is 10.1. The van der Waals surface area contributed by atoms with Crippen LogP contribution in [0.3, 0.4) is 0 Å². The van der Waals surface area contributed by atoms with Crippen LogP contribution in [0.2, 0.25) is 0 Å². The molecule has 1 heterocycles. The van der Waals surface area contributed by atoms with E-state index >= 15 is 0 Å². The molecule has 0 aliphatic rings. The van der Waals surface area contributed by atoms with Crippen molar-refractivity contribution in [3.8, 4) is 0 Å². The number of carbonyl (C=O) groups excluding carboxylic acids is 1. The fourth-order valence-corrected chi connectivity index (χ4v) is 1.99. The second-order valence-corrected chi connectivity index (χ2v) is 5.69. The van der Waals surface area contributed by atoms with Crippen LogP contribution in [0.4, 0.5) is 4.79 Å². The van der Waals surface area contributed by atoms with E-state index in [1.165, 1.54) is 0 Å². The maximum atomic E-state index is 11.6. The summed E-state index contributed by atoms with van der Waals surface area (Å²) in [6.07, 6.45) is -0.392. The molecule has 2 rings (SSSR count). The molecular weight excluding hydrogens is 240 g/mol. The zero-order chi connectivity index (χ0) is 14.0. The van der Waals surface area contributed by atoms with Crippen LogP contribution in [0.5, 0.6) is 0 Å². The highest BCUT2D eigenvalue weighted by atomic mass is 16.6. The lowest BCUT2D eigenvalue weighted by Gasteiger charge is -2.19. The number of nitrogens with one attached hydrogen (secondary N) is 2. The summed E-state index contributed by atoms with van der Waals surface area (Å²) in [5, 5.41) is 3.92. The molecule has 2 N–H and O–H groups in total. The van der Waals surface area contributed by atoms with E-state index < -0.39 is 11.7 Å². The molecule has 1 aromatic heterocycles. The third kappa shape index (κ3) is 3.50. The summed E-state index contributed by atoms with van der Waals surface area (Å²) in [5.74, 6) is 0. The quantitative estimate of drug-likeness (QED) is 0.868. The van der Waals surface area contributed by atoms with Gasteiger partial charge in [0.25, 0.3) is 0 Å². The van der Waals surface area contributed by atoms with Crippen LogP contribution in [0.25, 0.3) is 10.9 Å². The molecule has 0 unspecified atom stereocenters. The predicted molar refractivity (Wildman–Crippen MR) is 76.1 cm³/mol. The Morgan fingerprint density at radius 2 is 2.11 bits per heavy atom. The summed E-state index contributed by atoms with van der Waals surface area (Å²) in [6, 6.07) is 8.10. The van der Waals surface area contributed by atoms with E-state index in [1.807, 2.05) is 45.9 Å². The van der Waals surface area contributed by atoms with Crippen LogP contribution < -0.4 is 5.32 Å². The first-order valence-electron chi connectivity index (χ1n) is 6.39. The van der Waals surface area contributed by atoms with Crippen LogP contribution in [0, 0.1) is 6.92 Å². The van der Waals surface area contributed by atoms with Gasteiger partial charge in [-0.15, -0.1) is 0 Å². The molecule has 0 aliphatic heterocycles. The molecule has 2 aromatic rings. The minimum Gasteiger partial charge on any atom is -0.444 e. The van der Waals surface area contributed by atoms with Gasteiger partial charge in [0, 0.05) is 23.1 Å². The normalized spacial score (nSPS) is 11.6. The van der Waals surface area contributed by atoms with Crippen LogP contribution in [-0.4, -0.2) is 16.7 Å². The first-order valence-corrected chi connectivity index (χ1v) is 6.39. The van der Waals surface area contributed by atoms with Gasteiger partial charge in [0.15, 0.2) is 0 Å². The van der Waals surface area contributed by atoms with E-state index in [-0.39, 0.29) is 0 Å². The Kier molecular flexibility index (Phi) is 3.51. The molecule has 4 heteroatoms. The number of carbonyl (C=O) groups is 1. The van der Waals surface area contributed by atoms with Gasteiger partial charge in [0.1, 0.15) is 5.60 Å². The predicted octanol–water partition coefficient (Wildman–Crippen LogP) is 3.50. The number of hydrogen-bond donors (Lipinski definition) is 2. The van der Waals surface area contributed by atoms with Crippen molar-refractivity contribution in [2.75, 3.05) is 0 Å². The van der Waals surface area contributed by atoms with Gasteiger partial charge in [-0.05, 0) is 45.4 Å². The van der Waals surface area contributed by atoms with E-state index in [0.29, 0.717) is 6.54 Å². The average molecular weight is 260 g/mol. The molecule has 0 fully saturated rings. The van der Waals surface area contributed by atoms with Gasteiger partial charge in [0.2, 0.25) is 0 Å². The molecule has 0 saturated heterocycles. The Labute approximate surface area is 113 Å². The molecule has 102 valence electrons. The number of aryl methyl sites for hydroxylation is 1. The number of rotatable bonds is 2. The number of fused-ring (bicyclic) bond motifs is 1. The van der Waals surface area contributed by atoms with E-state index in [2.05, 4.69) is 16.4 Å². The largest absolute Gasteiger partial charge is 0.444 e. The lowest BCUT2D eigenvalue weighted by Crippen LogP contribution is -2.32. The summed E-state index contributed by atoms with van der Waals surface area (Å²) in [5.41, 5.74) is 2.80. The number of hydrogen-bond acceptors (Lipinski definition) is 2. The van der Waals surface area contributed by atoms with Crippen LogP contribution in [0.15, 0.2) is 24.3 Å². The summed E-state index contributed by atoms with van der Waals surface area (Å²) in [7, 11) is 0. The Balaban J connectivity index is 2.08. The summed E-state index contributed by atoms with van der Waals surface area (Å²) >= 11 is 0. The van der Waals surface area contributed by atoms with Crippen molar-refractivity contribution < 1.29 is 9.53 Å². The molecule has 0 saturated carbocycles. The van der Waals surface area contributed by atoms with Crippen LogP contribution in [-0.2, 0) is 11.3 Å². The monoisotopic (exact) mass is 260 g/mol.